The summed E-state index contributed by atoms with van der Waals surface area (Å²) in [6.45, 7) is 4.07. The predicted molar refractivity (Wildman–Crippen MR) is 134 cm³/mol. The first kappa shape index (κ1) is 25.1. The Balaban J connectivity index is 1.69. The molecule has 7 heteroatoms. The first-order valence-electron chi connectivity index (χ1n) is 12.1. The van der Waals surface area contributed by atoms with Gasteiger partial charge in [-0.2, -0.15) is 0 Å². The number of aromatic amines is 1. The summed E-state index contributed by atoms with van der Waals surface area (Å²) in [6, 6.07) is 14.4. The highest BCUT2D eigenvalue weighted by Crippen LogP contribution is 2.27. The van der Waals surface area contributed by atoms with Gasteiger partial charge in [-0.05, 0) is 29.7 Å². The van der Waals surface area contributed by atoms with Gasteiger partial charge in [-0.1, -0.05) is 56.2 Å². The molecular weight excluding hydrogens is 428 g/mol. The highest BCUT2D eigenvalue weighted by Gasteiger charge is 2.23. The van der Waals surface area contributed by atoms with Gasteiger partial charge in [0.05, 0.1) is 17.8 Å². The van der Waals surface area contributed by atoms with Crippen molar-refractivity contribution in [1.29, 1.82) is 0 Å². The van der Waals surface area contributed by atoms with Gasteiger partial charge in [0.25, 0.3) is 0 Å². The average Bonchev–Trinajstić information content (AvgIpc) is 3.33. The molecule has 3 aromatic rings. The van der Waals surface area contributed by atoms with E-state index in [1.54, 1.807) is 6.20 Å². The molecule has 1 aromatic heterocycles. The minimum absolute atomic E-state index is 0.116. The van der Waals surface area contributed by atoms with Crippen LogP contribution in [0.1, 0.15) is 64.1 Å². The first-order valence-corrected chi connectivity index (χ1v) is 12.1. The molecule has 0 fully saturated rings. The molecule has 3 rings (SSSR count). The van der Waals surface area contributed by atoms with Crippen molar-refractivity contribution in [1.82, 2.24) is 20.6 Å². The third-order valence-corrected chi connectivity index (χ3v) is 5.94. The molecule has 1 heterocycles. The van der Waals surface area contributed by atoms with Crippen molar-refractivity contribution in [2.45, 2.75) is 58.3 Å². The number of hydrogen-bond acceptors (Lipinski definition) is 4. The molecule has 2 amide bonds. The Morgan fingerprint density at radius 2 is 1.74 bits per heavy atom. The minimum Gasteiger partial charge on any atom is -0.355 e. The van der Waals surface area contributed by atoms with Crippen LogP contribution in [0.2, 0.25) is 0 Å². The topological polar surface area (TPSA) is 104 Å². The van der Waals surface area contributed by atoms with Gasteiger partial charge in [-0.15, -0.1) is 0 Å². The summed E-state index contributed by atoms with van der Waals surface area (Å²) in [5, 5.41) is 7.91. The summed E-state index contributed by atoms with van der Waals surface area (Å²) in [6.07, 6.45) is 6.13. The number of ketones is 1. The Morgan fingerprint density at radius 3 is 2.50 bits per heavy atom. The number of benzene rings is 2. The SMILES string of the molecule is CCC(=O)CCCCCC(C(=O)NCCNC(C)=O)c1ncc(-c2ccc3ccccc3c2)[nH]1. The summed E-state index contributed by atoms with van der Waals surface area (Å²) in [4.78, 5) is 43.5. The van der Waals surface area contributed by atoms with E-state index < -0.39 is 5.92 Å². The molecular formula is C27H34N4O3. The fourth-order valence-corrected chi connectivity index (χ4v) is 3.98. The number of carbonyl (C=O) groups excluding carboxylic acids is 3. The maximum absolute atomic E-state index is 13.0. The summed E-state index contributed by atoms with van der Waals surface area (Å²) in [5.41, 5.74) is 1.88. The summed E-state index contributed by atoms with van der Waals surface area (Å²) >= 11 is 0. The fraction of sp³-hybridized carbons (Fsp3) is 0.407. The van der Waals surface area contributed by atoms with Crippen LogP contribution in [0, 0.1) is 0 Å². The van der Waals surface area contributed by atoms with Crippen molar-refractivity contribution >= 4 is 28.4 Å². The molecule has 0 aliphatic heterocycles. The summed E-state index contributed by atoms with van der Waals surface area (Å²) in [7, 11) is 0. The van der Waals surface area contributed by atoms with E-state index >= 15 is 0 Å². The van der Waals surface area contributed by atoms with Crippen LogP contribution in [0.3, 0.4) is 0 Å². The van der Waals surface area contributed by atoms with E-state index in [1.165, 1.54) is 12.3 Å². The lowest BCUT2D eigenvalue weighted by Crippen LogP contribution is -2.36. The van der Waals surface area contributed by atoms with Crippen LogP contribution in [0.25, 0.3) is 22.0 Å². The van der Waals surface area contributed by atoms with Crippen LogP contribution in [0.5, 0.6) is 0 Å². The van der Waals surface area contributed by atoms with Crippen molar-refractivity contribution in [3.05, 3.63) is 54.5 Å². The van der Waals surface area contributed by atoms with E-state index in [2.05, 4.69) is 44.9 Å². The minimum atomic E-state index is -0.423. The summed E-state index contributed by atoms with van der Waals surface area (Å²) < 4.78 is 0. The second-order valence-corrected chi connectivity index (χ2v) is 8.56. The lowest BCUT2D eigenvalue weighted by Gasteiger charge is -2.15. The van der Waals surface area contributed by atoms with E-state index in [-0.39, 0.29) is 17.6 Å². The number of imidazole rings is 1. The van der Waals surface area contributed by atoms with Gasteiger partial charge in [0, 0.05) is 38.4 Å². The largest absolute Gasteiger partial charge is 0.355 e. The van der Waals surface area contributed by atoms with Crippen molar-refractivity contribution < 1.29 is 14.4 Å². The molecule has 180 valence electrons. The number of Topliss-reactive ketones (excluding diaryl/α,β-unsaturated/α-hetero) is 1. The van der Waals surface area contributed by atoms with Gasteiger partial charge in [0.15, 0.2) is 0 Å². The molecule has 1 atom stereocenters. The number of rotatable bonds is 13. The van der Waals surface area contributed by atoms with Crippen molar-refractivity contribution in [2.75, 3.05) is 13.1 Å². The van der Waals surface area contributed by atoms with Gasteiger partial charge >= 0.3 is 0 Å². The Hall–Kier alpha value is -3.48. The van der Waals surface area contributed by atoms with Gasteiger partial charge in [0.1, 0.15) is 11.6 Å². The predicted octanol–water partition coefficient (Wildman–Crippen LogP) is 4.50. The molecule has 0 bridgehead atoms. The molecule has 3 N–H and O–H groups in total. The lowest BCUT2D eigenvalue weighted by molar-refractivity contribution is -0.123. The first-order chi connectivity index (χ1) is 16.5. The molecule has 2 aromatic carbocycles. The number of nitrogens with one attached hydrogen (secondary N) is 3. The van der Waals surface area contributed by atoms with Crippen LogP contribution in [0.4, 0.5) is 0 Å². The molecule has 34 heavy (non-hydrogen) atoms. The molecule has 0 aliphatic rings. The Kier molecular flexibility index (Phi) is 9.38. The monoisotopic (exact) mass is 462 g/mol. The molecule has 7 nitrogen and oxygen atoms in total. The standard InChI is InChI=1S/C27H34N4O3/c1-3-23(33)11-5-4-6-12-24(27(34)29-16-15-28-19(2)32)26-30-18-25(31-26)22-14-13-20-9-7-8-10-21(20)17-22/h7-10,13-14,17-18,24H,3-6,11-12,15-16H2,1-2H3,(H,28,32)(H,29,34)(H,30,31). The van der Waals surface area contributed by atoms with Crippen molar-refractivity contribution in [3.8, 4) is 11.3 Å². The average molecular weight is 463 g/mol. The van der Waals surface area contributed by atoms with Crippen LogP contribution in [-0.2, 0) is 14.4 Å². The van der Waals surface area contributed by atoms with E-state index in [9.17, 15) is 14.4 Å². The molecule has 0 saturated carbocycles. The second-order valence-electron chi connectivity index (χ2n) is 8.56. The quantitative estimate of drug-likeness (QED) is 0.325. The molecule has 1 unspecified atom stereocenters. The number of fused-ring (bicyclic) bond motifs is 1. The maximum Gasteiger partial charge on any atom is 0.230 e. The van der Waals surface area contributed by atoms with E-state index in [0.29, 0.717) is 38.2 Å². The zero-order valence-corrected chi connectivity index (χ0v) is 20.0. The number of amides is 2. The Bertz CT molecular complexity index is 1120. The number of carbonyl (C=O) groups is 3. The summed E-state index contributed by atoms with van der Waals surface area (Å²) in [5.74, 6) is 0.240. The van der Waals surface area contributed by atoms with Gasteiger partial charge in [0.2, 0.25) is 11.8 Å². The van der Waals surface area contributed by atoms with Crippen molar-refractivity contribution in [3.63, 3.8) is 0 Å². The van der Waals surface area contributed by atoms with Crippen LogP contribution >= 0.6 is 0 Å². The van der Waals surface area contributed by atoms with Gasteiger partial charge < -0.3 is 15.6 Å². The zero-order valence-electron chi connectivity index (χ0n) is 20.0. The zero-order chi connectivity index (χ0) is 24.3. The Labute approximate surface area is 200 Å². The molecule has 0 aliphatic carbocycles. The number of hydrogen-bond donors (Lipinski definition) is 3. The van der Waals surface area contributed by atoms with E-state index in [1.807, 2.05) is 25.1 Å². The third-order valence-electron chi connectivity index (χ3n) is 5.94. The number of H-pyrrole nitrogens is 1. The smallest absolute Gasteiger partial charge is 0.230 e. The Morgan fingerprint density at radius 1 is 0.971 bits per heavy atom. The number of unbranched alkanes of at least 4 members (excludes halogenated alkanes) is 2. The number of aromatic nitrogens is 2. The van der Waals surface area contributed by atoms with Crippen LogP contribution in [-0.4, -0.2) is 40.7 Å². The number of nitrogens with zero attached hydrogens (tertiary/aromatic N) is 1. The molecule has 0 spiro atoms. The fourth-order valence-electron chi connectivity index (χ4n) is 3.98. The van der Waals surface area contributed by atoms with Crippen LogP contribution < -0.4 is 10.6 Å². The van der Waals surface area contributed by atoms with Crippen LogP contribution in [0.15, 0.2) is 48.7 Å². The van der Waals surface area contributed by atoms with Gasteiger partial charge in [-0.25, -0.2) is 4.98 Å². The molecule has 0 radical (unpaired) electrons. The third kappa shape index (κ3) is 7.27. The maximum atomic E-state index is 13.0. The van der Waals surface area contributed by atoms with Crippen molar-refractivity contribution in [2.24, 2.45) is 0 Å². The molecule has 0 saturated heterocycles. The van der Waals surface area contributed by atoms with E-state index in [0.717, 1.165) is 35.9 Å². The van der Waals surface area contributed by atoms with E-state index in [4.69, 9.17) is 0 Å². The lowest BCUT2D eigenvalue weighted by atomic mass is 9.98. The second kappa shape index (κ2) is 12.7. The normalized spacial score (nSPS) is 11.8. The van der Waals surface area contributed by atoms with Gasteiger partial charge in [-0.3, -0.25) is 14.4 Å². The highest BCUT2D eigenvalue weighted by molar-refractivity contribution is 5.87. The highest BCUT2D eigenvalue weighted by atomic mass is 16.2.